The summed E-state index contributed by atoms with van der Waals surface area (Å²) in [5, 5.41) is 34.0. The van der Waals surface area contributed by atoms with Gasteiger partial charge in [0.2, 0.25) is 23.3 Å². The topological polar surface area (TPSA) is 114 Å². The van der Waals surface area contributed by atoms with E-state index >= 15 is 0 Å². The van der Waals surface area contributed by atoms with Crippen molar-refractivity contribution in [2.75, 3.05) is 40.8 Å². The number of aromatic nitrogens is 2. The van der Waals surface area contributed by atoms with Crippen LogP contribution in [-0.4, -0.2) is 92.8 Å². The minimum atomic E-state index is -0.512. The third-order valence-corrected chi connectivity index (χ3v) is 8.22. The second kappa shape index (κ2) is 13.1. The summed E-state index contributed by atoms with van der Waals surface area (Å²) in [6, 6.07) is 2.90. The Labute approximate surface area is 265 Å². The van der Waals surface area contributed by atoms with E-state index in [0.717, 1.165) is 23.5 Å². The molecule has 0 saturated carbocycles. The van der Waals surface area contributed by atoms with Crippen molar-refractivity contribution in [3.05, 3.63) is 79.3 Å². The van der Waals surface area contributed by atoms with Crippen LogP contribution in [0.3, 0.4) is 0 Å². The van der Waals surface area contributed by atoms with Gasteiger partial charge in [0.1, 0.15) is 24.5 Å². The van der Waals surface area contributed by atoms with Gasteiger partial charge in [0.05, 0.1) is 38.1 Å². The highest BCUT2D eigenvalue weighted by Gasteiger charge is 2.42. The Balaban J connectivity index is 1.78. The first-order valence-corrected chi connectivity index (χ1v) is 14.8. The third kappa shape index (κ3) is 6.30. The molecule has 1 aromatic heterocycles. The van der Waals surface area contributed by atoms with Crippen LogP contribution in [0, 0.1) is 6.92 Å². The Bertz CT molecular complexity index is 1640. The highest BCUT2D eigenvalue weighted by Crippen LogP contribution is 2.45. The Kier molecular flexibility index (Phi) is 9.88. The van der Waals surface area contributed by atoms with Crippen LogP contribution in [0.5, 0.6) is 5.88 Å². The lowest BCUT2D eigenvalue weighted by Gasteiger charge is -2.26. The van der Waals surface area contributed by atoms with E-state index < -0.39 is 11.7 Å². The fraction of sp³-hybridized carbons (Fsp3) is 0.333. The number of aliphatic hydroxyl groups is 1. The molecule has 43 heavy (non-hydrogen) atoms. The van der Waals surface area contributed by atoms with E-state index in [1.807, 2.05) is 51.1 Å². The van der Waals surface area contributed by atoms with Crippen molar-refractivity contribution in [2.45, 2.75) is 27.2 Å². The number of Topliss-reactive ketones (excluding diaryl/α,β-unsaturated/α-hetero) is 1. The average Bonchev–Trinajstić information content (AvgIpc) is 3.21. The Hall–Kier alpha value is -3.41. The van der Waals surface area contributed by atoms with Crippen LogP contribution in [0.2, 0.25) is 15.1 Å². The highest BCUT2D eigenvalue weighted by atomic mass is 35.5. The molecule has 13 heteroatoms. The van der Waals surface area contributed by atoms with Gasteiger partial charge in [0.15, 0.2) is 0 Å². The minimum Gasteiger partial charge on any atom is -0.506 e. The number of nitrogens with zero attached hydrogens (tertiary/aromatic N) is 5. The average molecular weight is 649 g/mol. The van der Waals surface area contributed by atoms with E-state index in [2.05, 4.69) is 15.0 Å². The first-order valence-electron chi connectivity index (χ1n) is 13.7. The van der Waals surface area contributed by atoms with E-state index in [1.54, 1.807) is 19.1 Å². The van der Waals surface area contributed by atoms with Gasteiger partial charge in [-0.3, -0.25) is 9.59 Å². The molecular formula is C30H34Cl3N6O4+. The van der Waals surface area contributed by atoms with Gasteiger partial charge in [0, 0.05) is 56.9 Å². The number of carbonyl (C=O) groups excluding carboxylic acids is 2. The maximum atomic E-state index is 13.7. The zero-order chi connectivity index (χ0) is 31.7. The first kappa shape index (κ1) is 32.5. The number of hydrazine groups is 1. The summed E-state index contributed by atoms with van der Waals surface area (Å²) in [6.45, 7) is 7.61. The molecule has 1 heterocycles. The Morgan fingerprint density at radius 3 is 2.23 bits per heavy atom. The van der Waals surface area contributed by atoms with Crippen LogP contribution >= 0.6 is 34.8 Å². The normalized spacial score (nSPS) is 16.8. The first-order chi connectivity index (χ1) is 20.3. The number of rotatable bonds is 9. The van der Waals surface area contributed by atoms with E-state index in [1.165, 1.54) is 12.1 Å². The van der Waals surface area contributed by atoms with Crippen molar-refractivity contribution >= 4 is 57.8 Å². The minimum absolute atomic E-state index is 0.0240. The second-order valence-corrected chi connectivity index (χ2v) is 11.5. The van der Waals surface area contributed by atoms with Gasteiger partial charge in [-0.25, -0.2) is 14.6 Å². The number of carbonyl (C=O) groups is 2. The van der Waals surface area contributed by atoms with Crippen LogP contribution in [0.4, 0.5) is 0 Å². The molecule has 2 aliphatic rings. The summed E-state index contributed by atoms with van der Waals surface area (Å²) in [6.07, 6.45) is 5.56. The molecule has 0 aliphatic heterocycles. The molecule has 0 spiro atoms. The van der Waals surface area contributed by atoms with Gasteiger partial charge < -0.3 is 15.5 Å². The monoisotopic (exact) mass is 647 g/mol. The van der Waals surface area contributed by atoms with Crippen molar-refractivity contribution in [3.63, 3.8) is 0 Å². The predicted molar refractivity (Wildman–Crippen MR) is 169 cm³/mol. The lowest BCUT2D eigenvalue weighted by Crippen LogP contribution is -2.37. The number of amides is 1. The molecule has 1 amide bonds. The maximum Gasteiger partial charge on any atom is 0.225 e. The smallest absolute Gasteiger partial charge is 0.225 e. The molecule has 0 bridgehead atoms. The van der Waals surface area contributed by atoms with E-state index in [0.29, 0.717) is 22.8 Å². The molecule has 0 radical (unpaired) electrons. The highest BCUT2D eigenvalue weighted by molar-refractivity contribution is 6.41. The molecule has 4 rings (SSSR count). The number of nitrogens with one attached hydrogen (secondary N) is 1. The molecule has 2 aromatic rings. The second-order valence-electron chi connectivity index (χ2n) is 10.3. The number of benzene rings is 1. The van der Waals surface area contributed by atoms with Crippen LogP contribution in [-0.2, 0) is 9.59 Å². The molecule has 10 nitrogen and oxygen atoms in total. The van der Waals surface area contributed by atoms with Gasteiger partial charge in [-0.2, -0.15) is 9.78 Å². The van der Waals surface area contributed by atoms with Crippen molar-refractivity contribution in [3.8, 4) is 11.6 Å². The van der Waals surface area contributed by atoms with Crippen molar-refractivity contribution in [2.24, 2.45) is 0 Å². The van der Waals surface area contributed by atoms with Crippen LogP contribution < -0.4 is 5.32 Å². The quantitative estimate of drug-likeness (QED) is 0.202. The number of allylic oxidation sites excluding steroid dienone is 5. The maximum absolute atomic E-state index is 13.7. The molecule has 228 valence electrons. The summed E-state index contributed by atoms with van der Waals surface area (Å²) < 4.78 is 3.21. The largest absolute Gasteiger partial charge is 0.506 e. The standard InChI is InChI=1S/C30H33Cl3N6O4/c1-7-38(8-2)18-9-10-19(22(15-18)34-23(40)11-12-37(6)36(4)5)25-28(41)26(29(25)42)24-16(3)35-39(30(24)43)27-20(32)13-17(31)14-21(27)33/h9-10,13-15H,7-8,11-12H2,1-6H3,(H2,34,35,40,41,42,43)/p+1. The number of aliphatic hydroxyl groups excluding tert-OH is 1. The van der Waals surface area contributed by atoms with Crippen LogP contribution in [0.25, 0.3) is 11.3 Å². The number of hydrogen-bond donors (Lipinski definition) is 3. The zero-order valence-corrected chi connectivity index (χ0v) is 27.1. The van der Waals surface area contributed by atoms with Gasteiger partial charge in [-0.05, 0) is 39.0 Å². The number of aryl methyl sites for hydroxylation is 1. The summed E-state index contributed by atoms with van der Waals surface area (Å²) >= 11 is 18.7. The summed E-state index contributed by atoms with van der Waals surface area (Å²) in [7, 11) is 5.65. The van der Waals surface area contributed by atoms with Gasteiger partial charge in [0.25, 0.3) is 0 Å². The van der Waals surface area contributed by atoms with Gasteiger partial charge in [-0.15, -0.1) is 0 Å². The van der Waals surface area contributed by atoms with E-state index in [-0.39, 0.29) is 56.2 Å². The fourth-order valence-electron chi connectivity index (χ4n) is 4.90. The SMILES string of the molecule is CC[N+](CC)=C1C=C/C(=C2\C(=O)C(c3c(C)nn(-c4c(Cl)cc(Cl)cc4Cl)c3O)=C2O)C(NC(=O)CCN(C)N(C)C)=C1. The summed E-state index contributed by atoms with van der Waals surface area (Å²) in [5.41, 5.74) is 2.03. The number of aromatic hydroxyl groups is 1. The fourth-order valence-corrected chi connectivity index (χ4v) is 5.88. The van der Waals surface area contributed by atoms with Crippen LogP contribution in [0.1, 0.15) is 31.5 Å². The van der Waals surface area contributed by atoms with E-state index in [9.17, 15) is 19.8 Å². The summed E-state index contributed by atoms with van der Waals surface area (Å²) in [4.78, 5) is 26.6. The molecule has 0 atom stereocenters. The van der Waals surface area contributed by atoms with Gasteiger partial charge >= 0.3 is 0 Å². The number of hydrogen-bond acceptors (Lipinski definition) is 7. The van der Waals surface area contributed by atoms with Crippen molar-refractivity contribution in [1.82, 2.24) is 25.1 Å². The molecular weight excluding hydrogens is 615 g/mol. The molecule has 0 unspecified atom stereocenters. The molecule has 1 aromatic carbocycles. The lowest BCUT2D eigenvalue weighted by molar-refractivity contribution is -0.519. The molecule has 2 aliphatic carbocycles. The number of halogens is 3. The zero-order valence-electron chi connectivity index (χ0n) is 24.8. The molecule has 3 N–H and O–H groups in total. The van der Waals surface area contributed by atoms with Crippen molar-refractivity contribution in [1.29, 1.82) is 0 Å². The van der Waals surface area contributed by atoms with Crippen LogP contribution in [0.15, 0.2) is 53.0 Å². The van der Waals surface area contributed by atoms with E-state index in [4.69, 9.17) is 34.8 Å². The third-order valence-electron chi connectivity index (χ3n) is 7.43. The van der Waals surface area contributed by atoms with Gasteiger partial charge in [-0.1, -0.05) is 34.8 Å². The molecule has 0 fully saturated rings. The lowest BCUT2D eigenvalue weighted by atomic mass is 9.79. The Morgan fingerprint density at radius 2 is 1.67 bits per heavy atom. The Morgan fingerprint density at radius 1 is 1.05 bits per heavy atom. The predicted octanol–water partition coefficient (Wildman–Crippen LogP) is 4.86. The summed E-state index contributed by atoms with van der Waals surface area (Å²) in [5.74, 6) is -1.50. The molecule has 0 saturated heterocycles. The van der Waals surface area contributed by atoms with Crippen molar-refractivity contribution < 1.29 is 24.4 Å². The number of ketones is 1.